The van der Waals surface area contributed by atoms with Crippen molar-refractivity contribution < 1.29 is 9.53 Å². The highest BCUT2D eigenvalue weighted by Gasteiger charge is 2.13. The molecule has 0 amide bonds. The first-order valence-corrected chi connectivity index (χ1v) is 5.18. The highest BCUT2D eigenvalue weighted by Crippen LogP contribution is 2.09. The number of hydrogen-bond acceptors (Lipinski definition) is 4. The molecule has 0 saturated heterocycles. The molecule has 0 radical (unpaired) electrons. The zero-order chi connectivity index (χ0) is 11.7. The Balaban J connectivity index is 2.78. The molecular formula is C10H7BrN2O3. The molecule has 0 aliphatic heterocycles. The Morgan fingerprint density at radius 2 is 2.25 bits per heavy atom. The van der Waals surface area contributed by atoms with Gasteiger partial charge in [-0.2, -0.15) is 0 Å². The van der Waals surface area contributed by atoms with Gasteiger partial charge in [0.1, 0.15) is 11.2 Å². The van der Waals surface area contributed by atoms with E-state index in [0.29, 0.717) is 5.65 Å². The summed E-state index contributed by atoms with van der Waals surface area (Å²) in [7, 11) is 1.22. The van der Waals surface area contributed by atoms with Crippen LogP contribution in [0.25, 0.3) is 5.65 Å². The Bertz CT molecular complexity index is 621. The van der Waals surface area contributed by atoms with Gasteiger partial charge in [0.15, 0.2) is 0 Å². The molecule has 6 heteroatoms. The second kappa shape index (κ2) is 4.05. The first kappa shape index (κ1) is 10.8. The highest BCUT2D eigenvalue weighted by atomic mass is 79.9. The molecule has 0 saturated carbocycles. The van der Waals surface area contributed by atoms with Crippen LogP contribution in [-0.4, -0.2) is 22.5 Å². The molecule has 0 fully saturated rings. The topological polar surface area (TPSA) is 60.7 Å². The van der Waals surface area contributed by atoms with Crippen LogP contribution in [0.5, 0.6) is 0 Å². The summed E-state index contributed by atoms with van der Waals surface area (Å²) >= 11 is 3.24. The third-order valence-electron chi connectivity index (χ3n) is 2.07. The van der Waals surface area contributed by atoms with Crippen molar-refractivity contribution >= 4 is 27.5 Å². The molecule has 2 heterocycles. The van der Waals surface area contributed by atoms with E-state index in [1.807, 2.05) is 0 Å². The number of carbonyl (C=O) groups excluding carboxylic acids is 1. The van der Waals surface area contributed by atoms with E-state index in [4.69, 9.17) is 0 Å². The predicted octanol–water partition coefficient (Wildman–Crippen LogP) is 1.24. The van der Waals surface area contributed by atoms with Crippen molar-refractivity contribution in [1.29, 1.82) is 0 Å². The van der Waals surface area contributed by atoms with E-state index in [-0.39, 0.29) is 5.56 Å². The summed E-state index contributed by atoms with van der Waals surface area (Å²) in [5.74, 6) is -0.688. The van der Waals surface area contributed by atoms with Crippen LogP contribution in [0.1, 0.15) is 10.4 Å². The number of esters is 1. The van der Waals surface area contributed by atoms with Crippen molar-refractivity contribution in [3.05, 3.63) is 44.9 Å². The van der Waals surface area contributed by atoms with Gasteiger partial charge >= 0.3 is 5.97 Å². The molecule has 82 valence electrons. The summed E-state index contributed by atoms with van der Waals surface area (Å²) in [5, 5.41) is 0. The summed E-state index contributed by atoms with van der Waals surface area (Å²) in [5.41, 5.74) is -0.0582. The van der Waals surface area contributed by atoms with Crippen molar-refractivity contribution in [2.45, 2.75) is 0 Å². The van der Waals surface area contributed by atoms with Crippen LogP contribution in [0.4, 0.5) is 0 Å². The largest absolute Gasteiger partial charge is 0.465 e. The molecule has 0 aromatic carbocycles. The van der Waals surface area contributed by atoms with Crippen molar-refractivity contribution in [3.63, 3.8) is 0 Å². The van der Waals surface area contributed by atoms with Crippen LogP contribution < -0.4 is 5.56 Å². The second-order valence-electron chi connectivity index (χ2n) is 3.04. The van der Waals surface area contributed by atoms with Gasteiger partial charge in [0.25, 0.3) is 5.56 Å². The van der Waals surface area contributed by atoms with Gasteiger partial charge in [0.05, 0.1) is 7.11 Å². The lowest BCUT2D eigenvalue weighted by molar-refractivity contribution is 0.0598. The molecule has 2 aromatic rings. The minimum Gasteiger partial charge on any atom is -0.465 e. The summed E-state index contributed by atoms with van der Waals surface area (Å²) < 4.78 is 6.51. The van der Waals surface area contributed by atoms with Gasteiger partial charge in [-0.15, -0.1) is 0 Å². The van der Waals surface area contributed by atoms with E-state index in [1.165, 1.54) is 17.7 Å². The lowest BCUT2D eigenvalue weighted by atomic mass is 10.3. The van der Waals surface area contributed by atoms with Crippen LogP contribution in [0.2, 0.25) is 0 Å². The fraction of sp³-hybridized carbons (Fsp3) is 0.100. The number of rotatable bonds is 1. The summed E-state index contributed by atoms with van der Waals surface area (Å²) in [4.78, 5) is 27.2. The van der Waals surface area contributed by atoms with E-state index in [0.717, 1.165) is 4.47 Å². The van der Waals surface area contributed by atoms with Crippen molar-refractivity contribution in [1.82, 2.24) is 9.38 Å². The summed E-state index contributed by atoms with van der Waals surface area (Å²) in [6.07, 6.45) is 2.77. The molecular weight excluding hydrogens is 276 g/mol. The zero-order valence-corrected chi connectivity index (χ0v) is 9.89. The number of pyridine rings is 1. The van der Waals surface area contributed by atoms with E-state index in [2.05, 4.69) is 25.7 Å². The quantitative estimate of drug-likeness (QED) is 0.739. The molecule has 16 heavy (non-hydrogen) atoms. The Morgan fingerprint density at radius 3 is 2.94 bits per heavy atom. The number of hydrogen-bond donors (Lipinski definition) is 0. The number of ether oxygens (including phenoxy) is 1. The normalized spacial score (nSPS) is 10.4. The van der Waals surface area contributed by atoms with Gasteiger partial charge in [-0.1, -0.05) is 0 Å². The zero-order valence-electron chi connectivity index (χ0n) is 8.31. The van der Waals surface area contributed by atoms with Crippen molar-refractivity contribution in [3.8, 4) is 0 Å². The molecule has 0 aliphatic carbocycles. The Kier molecular flexibility index (Phi) is 2.74. The second-order valence-corrected chi connectivity index (χ2v) is 3.96. The monoisotopic (exact) mass is 282 g/mol. The molecule has 0 unspecified atom stereocenters. The maximum atomic E-state index is 11.9. The highest BCUT2D eigenvalue weighted by molar-refractivity contribution is 9.10. The van der Waals surface area contributed by atoms with Gasteiger partial charge in [-0.05, 0) is 28.1 Å². The minimum absolute atomic E-state index is 0.0851. The van der Waals surface area contributed by atoms with Crippen molar-refractivity contribution in [2.75, 3.05) is 7.11 Å². The summed E-state index contributed by atoms with van der Waals surface area (Å²) in [6, 6.07) is 3.44. The van der Waals surface area contributed by atoms with Crippen LogP contribution in [-0.2, 0) is 4.74 Å². The average Bonchev–Trinajstić information content (AvgIpc) is 2.29. The Labute approximate surface area is 98.8 Å². The molecule has 0 N–H and O–H groups in total. The summed E-state index contributed by atoms with van der Waals surface area (Å²) in [6.45, 7) is 0. The fourth-order valence-electron chi connectivity index (χ4n) is 1.30. The van der Waals surface area contributed by atoms with Crippen LogP contribution in [0, 0.1) is 0 Å². The fourth-order valence-corrected chi connectivity index (χ4v) is 1.64. The maximum absolute atomic E-state index is 11.9. The first-order valence-electron chi connectivity index (χ1n) is 4.38. The number of aromatic nitrogens is 2. The third-order valence-corrected chi connectivity index (χ3v) is 2.54. The molecule has 2 aromatic heterocycles. The minimum atomic E-state index is -0.688. The van der Waals surface area contributed by atoms with E-state index in [9.17, 15) is 9.59 Å². The first-order chi connectivity index (χ1) is 7.63. The molecule has 0 bridgehead atoms. The van der Waals surface area contributed by atoms with Gasteiger partial charge in [-0.3, -0.25) is 9.20 Å². The van der Waals surface area contributed by atoms with E-state index < -0.39 is 11.5 Å². The SMILES string of the molecule is COC(=O)c1cnc2ccc(Br)cn2c1=O. The van der Waals surface area contributed by atoms with Crippen molar-refractivity contribution in [2.24, 2.45) is 0 Å². The molecule has 0 aliphatic rings. The Morgan fingerprint density at radius 1 is 1.50 bits per heavy atom. The lowest BCUT2D eigenvalue weighted by Crippen LogP contribution is -2.23. The van der Waals surface area contributed by atoms with Crippen LogP contribution >= 0.6 is 15.9 Å². The van der Waals surface area contributed by atoms with E-state index in [1.54, 1.807) is 18.3 Å². The van der Waals surface area contributed by atoms with Crippen LogP contribution in [0.15, 0.2) is 33.8 Å². The maximum Gasteiger partial charge on any atom is 0.345 e. The Hall–Kier alpha value is -1.69. The van der Waals surface area contributed by atoms with Gasteiger partial charge in [0, 0.05) is 16.9 Å². The standard InChI is InChI=1S/C10H7BrN2O3/c1-16-10(15)7-4-12-8-3-2-6(11)5-13(8)9(7)14/h2-5H,1H3. The number of methoxy groups -OCH3 is 1. The molecule has 0 atom stereocenters. The van der Waals surface area contributed by atoms with Gasteiger partial charge in [-0.25, -0.2) is 9.78 Å². The lowest BCUT2D eigenvalue weighted by Gasteiger charge is -2.02. The molecule has 5 nitrogen and oxygen atoms in total. The van der Waals surface area contributed by atoms with E-state index >= 15 is 0 Å². The van der Waals surface area contributed by atoms with Gasteiger partial charge < -0.3 is 4.74 Å². The smallest absolute Gasteiger partial charge is 0.345 e. The molecule has 0 spiro atoms. The van der Waals surface area contributed by atoms with Gasteiger partial charge in [0.2, 0.25) is 0 Å². The number of halogens is 1. The number of fused-ring (bicyclic) bond motifs is 1. The molecule has 2 rings (SSSR count). The number of carbonyl (C=O) groups is 1. The average molecular weight is 283 g/mol. The third kappa shape index (κ3) is 1.71. The number of nitrogens with zero attached hydrogens (tertiary/aromatic N) is 2. The predicted molar refractivity (Wildman–Crippen MR) is 60.5 cm³/mol. The van der Waals surface area contributed by atoms with Crippen LogP contribution in [0.3, 0.4) is 0 Å².